The van der Waals surface area contributed by atoms with Gasteiger partial charge in [-0.3, -0.25) is 4.84 Å². The zero-order chi connectivity index (χ0) is 4.99. The Hall–Kier alpha value is -0.770. The number of primary amides is 1. The van der Waals surface area contributed by atoms with Crippen LogP contribution in [0.1, 0.15) is 0 Å². The molecule has 0 aliphatic carbocycles. The third-order valence-corrected chi connectivity index (χ3v) is 0.203. The molecule has 0 aromatic carbocycles. The minimum atomic E-state index is -0.683. The summed E-state index contributed by atoms with van der Waals surface area (Å²) in [4.78, 5) is 13.7. The van der Waals surface area contributed by atoms with Crippen molar-refractivity contribution in [2.24, 2.45) is 5.73 Å². The summed E-state index contributed by atoms with van der Waals surface area (Å²) in [6.07, 6.45) is 0. The van der Waals surface area contributed by atoms with E-state index in [1.807, 2.05) is 5.48 Å². The molecule has 0 atom stereocenters. The highest BCUT2D eigenvalue weighted by Crippen LogP contribution is 1.49. The van der Waals surface area contributed by atoms with E-state index in [-0.39, 0.29) is 0 Å². The zero-order valence-corrected chi connectivity index (χ0v) is 3.39. The Balaban J connectivity index is 2.83. The Bertz CT molecular complexity index is 53.5. The van der Waals surface area contributed by atoms with Gasteiger partial charge in [-0.1, -0.05) is 0 Å². The highest BCUT2D eigenvalue weighted by atomic mass is 16.6. The van der Waals surface area contributed by atoms with Gasteiger partial charge in [0, 0.05) is 0 Å². The van der Waals surface area contributed by atoms with Gasteiger partial charge in [-0.25, -0.2) is 10.3 Å². The van der Waals surface area contributed by atoms with Gasteiger partial charge in [-0.15, -0.1) is 0 Å². The average molecular weight is 90.1 g/mol. The van der Waals surface area contributed by atoms with Gasteiger partial charge in [0.1, 0.15) is 0 Å². The number of rotatable bonds is 1. The molecule has 0 spiro atoms. The molecule has 4 nitrogen and oxygen atoms in total. The van der Waals surface area contributed by atoms with Crippen LogP contribution < -0.4 is 11.2 Å². The molecule has 0 aliphatic rings. The van der Waals surface area contributed by atoms with Crippen LogP contribution in [-0.2, 0) is 4.84 Å². The highest BCUT2D eigenvalue weighted by Gasteiger charge is 1.80. The first-order valence-electron chi connectivity index (χ1n) is 1.36. The standard InChI is InChI=1S/C2H6N2O2/c1-6-4-2(3)5/h1H3,(H3,3,4,5). The van der Waals surface area contributed by atoms with Gasteiger partial charge in [0.05, 0.1) is 7.11 Å². The Kier molecular flexibility index (Phi) is 2.15. The molecule has 0 unspecified atom stereocenters. The van der Waals surface area contributed by atoms with E-state index in [2.05, 4.69) is 10.6 Å². The summed E-state index contributed by atoms with van der Waals surface area (Å²) in [7, 11) is 1.31. The van der Waals surface area contributed by atoms with Crippen molar-refractivity contribution in [2.75, 3.05) is 7.11 Å². The van der Waals surface area contributed by atoms with E-state index in [9.17, 15) is 4.79 Å². The van der Waals surface area contributed by atoms with Crippen LogP contribution >= 0.6 is 0 Å². The molecule has 0 rings (SSSR count). The minimum Gasteiger partial charge on any atom is -0.350 e. The number of amides is 2. The van der Waals surface area contributed by atoms with Gasteiger partial charge in [0.2, 0.25) is 0 Å². The number of carbonyl (C=O) groups is 1. The van der Waals surface area contributed by atoms with Gasteiger partial charge in [0.15, 0.2) is 0 Å². The lowest BCUT2D eigenvalue weighted by Crippen LogP contribution is -2.27. The molecule has 36 valence electrons. The summed E-state index contributed by atoms with van der Waals surface area (Å²) >= 11 is 0. The van der Waals surface area contributed by atoms with Crippen molar-refractivity contribution in [3.05, 3.63) is 0 Å². The summed E-state index contributed by atoms with van der Waals surface area (Å²) < 4.78 is 0. The Morgan fingerprint density at radius 2 is 2.50 bits per heavy atom. The monoisotopic (exact) mass is 90.0 g/mol. The minimum absolute atomic E-state index is 0.683. The molecule has 0 fully saturated rings. The quantitative estimate of drug-likeness (QED) is 0.415. The van der Waals surface area contributed by atoms with Crippen LogP contribution in [0.5, 0.6) is 0 Å². The van der Waals surface area contributed by atoms with Crippen LogP contribution in [0.4, 0.5) is 4.79 Å². The first-order chi connectivity index (χ1) is 2.77. The van der Waals surface area contributed by atoms with Crippen molar-refractivity contribution < 1.29 is 9.63 Å². The van der Waals surface area contributed by atoms with Crippen LogP contribution in [0.15, 0.2) is 0 Å². The van der Waals surface area contributed by atoms with Gasteiger partial charge in [-0.2, -0.15) is 0 Å². The summed E-state index contributed by atoms with van der Waals surface area (Å²) in [6.45, 7) is 0. The molecule has 0 bridgehead atoms. The summed E-state index contributed by atoms with van der Waals surface area (Å²) in [5.74, 6) is 0. The predicted octanol–water partition coefficient (Wildman–Crippen LogP) is -0.784. The molecule has 0 aliphatic heterocycles. The highest BCUT2D eigenvalue weighted by molar-refractivity contribution is 5.70. The average Bonchev–Trinajstić information content (AvgIpc) is 1.35. The maximum absolute atomic E-state index is 9.59. The normalized spacial score (nSPS) is 7.50. The van der Waals surface area contributed by atoms with Crippen molar-refractivity contribution >= 4 is 6.03 Å². The third-order valence-electron chi connectivity index (χ3n) is 0.203. The summed E-state index contributed by atoms with van der Waals surface area (Å²) in [5.41, 5.74) is 6.38. The lowest BCUT2D eigenvalue weighted by molar-refractivity contribution is 0.112. The SMILES string of the molecule is CONC(N)=O. The molecule has 3 N–H and O–H groups in total. The first kappa shape index (κ1) is 5.23. The number of nitrogens with two attached hydrogens (primary N) is 1. The fourth-order valence-electron chi connectivity index (χ4n) is 0.101. The molecule has 4 heteroatoms. The van der Waals surface area contributed by atoms with Gasteiger partial charge in [0.25, 0.3) is 0 Å². The molecule has 0 aromatic heterocycles. The lowest BCUT2D eigenvalue weighted by Gasteiger charge is -1.90. The molecule has 2 amide bonds. The van der Waals surface area contributed by atoms with Gasteiger partial charge >= 0.3 is 6.03 Å². The van der Waals surface area contributed by atoms with Crippen LogP contribution in [0.3, 0.4) is 0 Å². The van der Waals surface area contributed by atoms with Crippen molar-refractivity contribution in [1.29, 1.82) is 0 Å². The van der Waals surface area contributed by atoms with E-state index < -0.39 is 6.03 Å². The Morgan fingerprint density at radius 3 is 2.50 bits per heavy atom. The van der Waals surface area contributed by atoms with E-state index in [1.54, 1.807) is 0 Å². The maximum Gasteiger partial charge on any atom is 0.336 e. The van der Waals surface area contributed by atoms with Crippen LogP contribution in [0.25, 0.3) is 0 Å². The van der Waals surface area contributed by atoms with E-state index in [0.717, 1.165) is 0 Å². The number of hydroxylamine groups is 1. The topological polar surface area (TPSA) is 64.3 Å². The molecular formula is C2H6N2O2. The largest absolute Gasteiger partial charge is 0.350 e. The van der Waals surface area contributed by atoms with Crippen LogP contribution in [0.2, 0.25) is 0 Å². The smallest absolute Gasteiger partial charge is 0.336 e. The van der Waals surface area contributed by atoms with Crippen LogP contribution in [0, 0.1) is 0 Å². The summed E-state index contributed by atoms with van der Waals surface area (Å²) in [5, 5.41) is 0. The van der Waals surface area contributed by atoms with Crippen LogP contribution in [-0.4, -0.2) is 13.1 Å². The lowest BCUT2D eigenvalue weighted by atomic mass is 11.2. The van der Waals surface area contributed by atoms with E-state index in [1.165, 1.54) is 7.11 Å². The first-order valence-corrected chi connectivity index (χ1v) is 1.36. The molecular weight excluding hydrogens is 84.0 g/mol. The molecule has 0 heterocycles. The molecule has 0 saturated carbocycles. The van der Waals surface area contributed by atoms with E-state index >= 15 is 0 Å². The zero-order valence-electron chi connectivity index (χ0n) is 3.39. The molecule has 6 heavy (non-hydrogen) atoms. The number of hydrogen-bond acceptors (Lipinski definition) is 2. The van der Waals surface area contributed by atoms with E-state index in [4.69, 9.17) is 0 Å². The maximum atomic E-state index is 9.59. The molecule has 0 saturated heterocycles. The van der Waals surface area contributed by atoms with Crippen molar-refractivity contribution in [1.82, 2.24) is 5.48 Å². The Labute approximate surface area is 35.2 Å². The second kappa shape index (κ2) is 2.47. The molecule has 0 aromatic rings. The van der Waals surface area contributed by atoms with E-state index in [0.29, 0.717) is 0 Å². The van der Waals surface area contributed by atoms with Crippen molar-refractivity contribution in [3.63, 3.8) is 0 Å². The number of carbonyl (C=O) groups excluding carboxylic acids is 1. The second-order valence-corrected chi connectivity index (χ2v) is 0.670. The molecule has 0 radical (unpaired) electrons. The Morgan fingerprint density at radius 1 is 2.00 bits per heavy atom. The number of hydrogen-bond donors (Lipinski definition) is 2. The van der Waals surface area contributed by atoms with Crippen molar-refractivity contribution in [2.45, 2.75) is 0 Å². The summed E-state index contributed by atoms with van der Waals surface area (Å²) in [6, 6.07) is -0.683. The van der Waals surface area contributed by atoms with Gasteiger partial charge < -0.3 is 5.73 Å². The fourth-order valence-corrected chi connectivity index (χ4v) is 0.101. The van der Waals surface area contributed by atoms with Gasteiger partial charge in [-0.05, 0) is 0 Å². The number of nitrogens with one attached hydrogen (secondary N) is 1. The predicted molar refractivity (Wildman–Crippen MR) is 19.7 cm³/mol. The fraction of sp³-hybridized carbons (Fsp3) is 0.500. The second-order valence-electron chi connectivity index (χ2n) is 0.670. The number of urea groups is 1. The third kappa shape index (κ3) is 3.23. The van der Waals surface area contributed by atoms with Crippen molar-refractivity contribution in [3.8, 4) is 0 Å².